The average Bonchev–Trinajstić information content (AvgIpc) is 3.36. The fourth-order valence-corrected chi connectivity index (χ4v) is 5.17. The van der Waals surface area contributed by atoms with E-state index in [1.807, 2.05) is 18.7 Å². The van der Waals surface area contributed by atoms with Gasteiger partial charge in [-0.15, -0.1) is 0 Å². The molecule has 1 aliphatic heterocycles. The number of benzene rings is 1. The summed E-state index contributed by atoms with van der Waals surface area (Å²) in [6, 6.07) is 3.03. The van der Waals surface area contributed by atoms with Crippen molar-refractivity contribution in [3.63, 3.8) is 0 Å². The van der Waals surface area contributed by atoms with Gasteiger partial charge in [-0.05, 0) is 64.3 Å². The first-order chi connectivity index (χ1) is 17.9. The standard InChI is InChI=1S/C26H30ClF3N6O2/c1-15(2)38-25(37)36-16(3)5-23(6-17(36)4)35(14-18-7-21(26(28,29)30)9-22(27)8-18)24-31-10-19(11-32-24)20-12-33-34-13-20/h7-13,15-17,23H,5-6,14H2,1-4H3,(H,33,34)/t16-,17+,23?. The molecule has 0 radical (unpaired) electrons. The molecular formula is C26H30ClF3N6O2. The second-order valence-electron chi connectivity index (χ2n) is 9.90. The number of anilines is 1. The van der Waals surface area contributed by atoms with Crippen LogP contribution in [0.15, 0.2) is 43.0 Å². The van der Waals surface area contributed by atoms with Gasteiger partial charge in [-0.1, -0.05) is 11.6 Å². The number of carbonyl (C=O) groups is 1. The van der Waals surface area contributed by atoms with Crippen molar-refractivity contribution in [3.05, 3.63) is 59.1 Å². The smallest absolute Gasteiger partial charge is 0.416 e. The normalized spacial score (nSPS) is 20.0. The molecule has 12 heteroatoms. The summed E-state index contributed by atoms with van der Waals surface area (Å²) in [6.45, 7) is 7.58. The molecule has 1 aromatic carbocycles. The highest BCUT2D eigenvalue weighted by Crippen LogP contribution is 2.34. The van der Waals surface area contributed by atoms with Crippen molar-refractivity contribution in [2.75, 3.05) is 4.90 Å². The van der Waals surface area contributed by atoms with E-state index in [0.29, 0.717) is 24.4 Å². The zero-order valence-electron chi connectivity index (χ0n) is 21.5. The van der Waals surface area contributed by atoms with Crippen molar-refractivity contribution in [2.45, 2.75) is 77.5 Å². The molecule has 8 nitrogen and oxygen atoms in total. The summed E-state index contributed by atoms with van der Waals surface area (Å²) in [5.74, 6) is 0.369. The van der Waals surface area contributed by atoms with Crippen LogP contribution >= 0.6 is 11.6 Å². The van der Waals surface area contributed by atoms with Crippen LogP contribution in [0.3, 0.4) is 0 Å². The summed E-state index contributed by atoms with van der Waals surface area (Å²) in [6.07, 6.45) is 2.63. The van der Waals surface area contributed by atoms with Gasteiger partial charge in [-0.25, -0.2) is 14.8 Å². The van der Waals surface area contributed by atoms with Crippen molar-refractivity contribution in [1.82, 2.24) is 25.1 Å². The second-order valence-corrected chi connectivity index (χ2v) is 10.3. The van der Waals surface area contributed by atoms with E-state index < -0.39 is 11.7 Å². The minimum atomic E-state index is -4.53. The van der Waals surface area contributed by atoms with Crippen molar-refractivity contribution in [3.8, 4) is 11.1 Å². The molecule has 4 rings (SSSR count). The van der Waals surface area contributed by atoms with Gasteiger partial charge < -0.3 is 14.5 Å². The van der Waals surface area contributed by atoms with E-state index in [1.54, 1.807) is 43.5 Å². The van der Waals surface area contributed by atoms with Crippen molar-refractivity contribution < 1.29 is 22.7 Å². The molecule has 1 aliphatic rings. The number of nitrogens with one attached hydrogen (secondary N) is 1. The predicted octanol–water partition coefficient (Wildman–Crippen LogP) is 6.33. The van der Waals surface area contributed by atoms with Crippen LogP contribution in [0.2, 0.25) is 5.02 Å². The Morgan fingerprint density at radius 2 is 1.79 bits per heavy atom. The first kappa shape index (κ1) is 27.7. The van der Waals surface area contributed by atoms with E-state index in [1.165, 1.54) is 6.07 Å². The lowest BCUT2D eigenvalue weighted by atomic mass is 9.91. The molecule has 1 fully saturated rings. The lowest BCUT2D eigenvalue weighted by molar-refractivity contribution is -0.137. The second kappa shape index (κ2) is 11.2. The van der Waals surface area contributed by atoms with E-state index in [-0.39, 0.29) is 41.9 Å². The first-order valence-electron chi connectivity index (χ1n) is 12.4. The molecule has 0 bridgehead atoms. The summed E-state index contributed by atoms with van der Waals surface area (Å²) < 4.78 is 45.9. The fourth-order valence-electron chi connectivity index (χ4n) is 4.91. The number of hydrogen-bond donors (Lipinski definition) is 1. The number of aromatic nitrogens is 4. The van der Waals surface area contributed by atoms with Crippen molar-refractivity contribution >= 4 is 23.6 Å². The van der Waals surface area contributed by atoms with Crippen molar-refractivity contribution in [1.29, 1.82) is 0 Å². The van der Waals surface area contributed by atoms with Crippen LogP contribution in [0.25, 0.3) is 11.1 Å². The number of H-pyrrole nitrogens is 1. The highest BCUT2D eigenvalue weighted by atomic mass is 35.5. The van der Waals surface area contributed by atoms with E-state index in [2.05, 4.69) is 20.2 Å². The number of amides is 1. The van der Waals surface area contributed by atoms with Gasteiger partial charge in [0.2, 0.25) is 5.95 Å². The Labute approximate surface area is 224 Å². The molecule has 1 saturated heterocycles. The third-order valence-corrected chi connectivity index (χ3v) is 6.75. The van der Waals surface area contributed by atoms with Gasteiger partial charge in [0.05, 0.1) is 17.9 Å². The van der Waals surface area contributed by atoms with Gasteiger partial charge in [-0.2, -0.15) is 18.3 Å². The largest absolute Gasteiger partial charge is 0.447 e. The van der Waals surface area contributed by atoms with E-state index in [9.17, 15) is 18.0 Å². The molecule has 0 spiro atoms. The van der Waals surface area contributed by atoms with E-state index >= 15 is 0 Å². The van der Waals surface area contributed by atoms with Crippen LogP contribution in [0.4, 0.5) is 23.9 Å². The maximum Gasteiger partial charge on any atom is 0.416 e. The Bertz CT molecular complexity index is 1220. The maximum atomic E-state index is 13.5. The van der Waals surface area contributed by atoms with Gasteiger partial charge >= 0.3 is 12.3 Å². The van der Waals surface area contributed by atoms with E-state index in [4.69, 9.17) is 16.3 Å². The minimum Gasteiger partial charge on any atom is -0.447 e. The van der Waals surface area contributed by atoms with Gasteiger partial charge in [0.15, 0.2) is 0 Å². The zero-order chi connectivity index (χ0) is 27.6. The van der Waals surface area contributed by atoms with Crippen LogP contribution in [-0.4, -0.2) is 55.4 Å². The molecule has 3 aromatic rings. The number of halogens is 4. The highest BCUT2D eigenvalue weighted by Gasteiger charge is 2.38. The number of ether oxygens (including phenoxy) is 1. The predicted molar refractivity (Wildman–Crippen MR) is 138 cm³/mol. The zero-order valence-corrected chi connectivity index (χ0v) is 22.3. The summed E-state index contributed by atoms with van der Waals surface area (Å²) >= 11 is 6.07. The monoisotopic (exact) mass is 550 g/mol. The Kier molecular flexibility index (Phi) is 8.15. The number of carbonyl (C=O) groups excluding carboxylic acids is 1. The number of likely N-dealkylation sites (tertiary alicyclic amines) is 1. The van der Waals surface area contributed by atoms with Gasteiger partial charge in [-0.3, -0.25) is 5.10 Å². The fraction of sp³-hybridized carbons (Fsp3) is 0.462. The quantitative estimate of drug-likeness (QED) is 0.386. The van der Waals surface area contributed by atoms with Crippen LogP contribution in [-0.2, 0) is 17.5 Å². The van der Waals surface area contributed by atoms with Gasteiger partial charge in [0.25, 0.3) is 0 Å². The van der Waals surface area contributed by atoms with Gasteiger partial charge in [0.1, 0.15) is 0 Å². The number of rotatable bonds is 6. The third kappa shape index (κ3) is 6.38. The number of piperidine rings is 1. The number of hydrogen-bond acceptors (Lipinski definition) is 6. The lowest BCUT2D eigenvalue weighted by Crippen LogP contribution is -2.55. The number of nitrogens with zero attached hydrogens (tertiary/aromatic N) is 5. The Morgan fingerprint density at radius 1 is 1.13 bits per heavy atom. The lowest BCUT2D eigenvalue weighted by Gasteiger charge is -2.45. The molecule has 38 heavy (non-hydrogen) atoms. The van der Waals surface area contributed by atoms with Crippen molar-refractivity contribution in [2.24, 2.45) is 0 Å². The van der Waals surface area contributed by atoms with Crippen LogP contribution < -0.4 is 4.90 Å². The summed E-state index contributed by atoms with van der Waals surface area (Å²) in [7, 11) is 0. The Hall–Kier alpha value is -3.34. The van der Waals surface area contributed by atoms with Gasteiger partial charge in [0, 0.05) is 59.4 Å². The number of alkyl halides is 3. The molecule has 0 saturated carbocycles. The van der Waals surface area contributed by atoms with Crippen LogP contribution in [0, 0.1) is 0 Å². The summed E-state index contributed by atoms with van der Waals surface area (Å²) in [4.78, 5) is 25.4. The summed E-state index contributed by atoms with van der Waals surface area (Å²) in [5.41, 5.74) is 1.13. The third-order valence-electron chi connectivity index (χ3n) is 6.53. The minimum absolute atomic E-state index is 0.000939. The maximum absolute atomic E-state index is 13.5. The molecule has 204 valence electrons. The van der Waals surface area contributed by atoms with E-state index in [0.717, 1.165) is 23.3 Å². The Balaban J connectivity index is 1.66. The average molecular weight is 551 g/mol. The number of aromatic amines is 1. The Morgan fingerprint density at radius 3 is 2.34 bits per heavy atom. The molecule has 3 heterocycles. The van der Waals surface area contributed by atoms with Crippen LogP contribution in [0.5, 0.6) is 0 Å². The molecule has 3 atom stereocenters. The molecule has 1 unspecified atom stereocenters. The molecular weight excluding hydrogens is 521 g/mol. The molecule has 0 aliphatic carbocycles. The molecule has 1 amide bonds. The SMILES string of the molecule is CC(C)OC(=O)N1[C@H](C)CC(N(Cc2cc(Cl)cc(C(F)(F)F)c2)c2ncc(-c3cn[nH]c3)cn2)C[C@@H]1C. The highest BCUT2D eigenvalue weighted by molar-refractivity contribution is 6.30. The molecule has 1 N–H and O–H groups in total. The molecule has 2 aromatic heterocycles. The van der Waals surface area contributed by atoms with Crippen LogP contribution in [0.1, 0.15) is 51.7 Å². The first-order valence-corrected chi connectivity index (χ1v) is 12.7. The summed E-state index contributed by atoms with van der Waals surface area (Å²) in [5, 5.41) is 6.68. The topological polar surface area (TPSA) is 87.2 Å².